The highest BCUT2D eigenvalue weighted by Crippen LogP contribution is 2.37. The zero-order valence-electron chi connectivity index (χ0n) is 14.4. The molecule has 7 nitrogen and oxygen atoms in total. The van der Waals surface area contributed by atoms with Crippen molar-refractivity contribution in [3.63, 3.8) is 0 Å². The lowest BCUT2D eigenvalue weighted by Crippen LogP contribution is -2.31. The van der Waals surface area contributed by atoms with E-state index in [0.717, 1.165) is 19.3 Å². The predicted molar refractivity (Wildman–Crippen MR) is 89.5 cm³/mol. The molecular weight excluding hydrogens is 308 g/mol. The fourth-order valence-corrected chi connectivity index (χ4v) is 3.91. The van der Waals surface area contributed by atoms with Crippen LogP contribution in [0.2, 0.25) is 0 Å². The summed E-state index contributed by atoms with van der Waals surface area (Å²) >= 11 is 0. The van der Waals surface area contributed by atoms with Crippen LogP contribution in [0.3, 0.4) is 0 Å². The number of aliphatic hydroxyl groups is 1. The van der Waals surface area contributed by atoms with Crippen molar-refractivity contribution in [2.24, 2.45) is 20.0 Å². The second-order valence-corrected chi connectivity index (χ2v) is 7.07. The van der Waals surface area contributed by atoms with Gasteiger partial charge in [0, 0.05) is 38.6 Å². The Kier molecular flexibility index (Phi) is 4.89. The van der Waals surface area contributed by atoms with Gasteiger partial charge < -0.3 is 10.4 Å². The maximum absolute atomic E-state index is 12.0. The van der Waals surface area contributed by atoms with Crippen molar-refractivity contribution in [1.82, 2.24) is 19.7 Å². The van der Waals surface area contributed by atoms with Gasteiger partial charge in [-0.15, -0.1) is 0 Å². The van der Waals surface area contributed by atoms with Crippen LogP contribution < -0.4 is 11.0 Å². The van der Waals surface area contributed by atoms with Crippen molar-refractivity contribution in [1.29, 1.82) is 0 Å². The average Bonchev–Trinajstić information content (AvgIpc) is 3.23. The third-order valence-corrected chi connectivity index (χ3v) is 5.30. The number of aliphatic hydroxyl groups excluding tert-OH is 1. The lowest BCUT2D eigenvalue weighted by Gasteiger charge is -2.14. The standard InChI is InChI=1S/C17H26N4O3/c1-20-16(19-21(2)17(20)24)12-8-13(14(22)9-12)10-18-15(23)7-11-5-3-4-6-11/h7,12-14,22H,3-6,8-10H2,1-2H3,(H,18,23)/t12-,13+,14+/m0/s1. The van der Waals surface area contributed by atoms with Gasteiger partial charge in [0.2, 0.25) is 5.91 Å². The molecule has 2 aliphatic rings. The van der Waals surface area contributed by atoms with Crippen LogP contribution in [0.5, 0.6) is 0 Å². The summed E-state index contributed by atoms with van der Waals surface area (Å²) in [4.78, 5) is 23.8. The van der Waals surface area contributed by atoms with Gasteiger partial charge in [-0.1, -0.05) is 5.57 Å². The monoisotopic (exact) mass is 334 g/mol. The van der Waals surface area contributed by atoms with Crippen molar-refractivity contribution >= 4 is 5.91 Å². The van der Waals surface area contributed by atoms with E-state index < -0.39 is 6.10 Å². The van der Waals surface area contributed by atoms with Crippen LogP contribution >= 0.6 is 0 Å². The van der Waals surface area contributed by atoms with Crippen LogP contribution in [0.1, 0.15) is 50.3 Å². The van der Waals surface area contributed by atoms with E-state index in [-0.39, 0.29) is 23.4 Å². The Morgan fingerprint density at radius 2 is 2.04 bits per heavy atom. The summed E-state index contributed by atoms with van der Waals surface area (Å²) < 4.78 is 2.87. The Labute approximate surface area is 141 Å². The lowest BCUT2D eigenvalue weighted by atomic mass is 10.0. The maximum Gasteiger partial charge on any atom is 0.345 e. The molecule has 0 spiro atoms. The normalized spacial score (nSPS) is 26.8. The molecular formula is C17H26N4O3. The first kappa shape index (κ1) is 17.0. The number of amides is 1. The van der Waals surface area contributed by atoms with Crippen LogP contribution in [0, 0.1) is 5.92 Å². The van der Waals surface area contributed by atoms with Crippen LogP contribution in [-0.4, -0.2) is 38.0 Å². The number of carbonyl (C=O) groups is 1. The zero-order chi connectivity index (χ0) is 17.3. The van der Waals surface area contributed by atoms with Gasteiger partial charge >= 0.3 is 5.69 Å². The summed E-state index contributed by atoms with van der Waals surface area (Å²) in [5, 5.41) is 17.5. The van der Waals surface area contributed by atoms with Gasteiger partial charge in [-0.2, -0.15) is 5.10 Å². The minimum atomic E-state index is -0.480. The Morgan fingerprint density at radius 3 is 2.67 bits per heavy atom. The summed E-state index contributed by atoms with van der Waals surface area (Å²) in [5.74, 6) is 0.697. The summed E-state index contributed by atoms with van der Waals surface area (Å²) in [6, 6.07) is 0. The highest BCUT2D eigenvalue weighted by Gasteiger charge is 2.36. The molecule has 2 fully saturated rings. The summed E-state index contributed by atoms with van der Waals surface area (Å²) in [5.41, 5.74) is 1.07. The zero-order valence-corrected chi connectivity index (χ0v) is 14.4. The topological polar surface area (TPSA) is 89.2 Å². The van der Waals surface area contributed by atoms with Crippen molar-refractivity contribution in [2.45, 2.75) is 50.5 Å². The predicted octanol–water partition coefficient (Wildman–Crippen LogP) is 0.590. The molecule has 1 aromatic heterocycles. The molecule has 24 heavy (non-hydrogen) atoms. The van der Waals surface area contributed by atoms with E-state index in [1.807, 2.05) is 0 Å². The fraction of sp³-hybridized carbons (Fsp3) is 0.706. The molecule has 0 aromatic carbocycles. The first-order valence-electron chi connectivity index (χ1n) is 8.71. The van der Waals surface area contributed by atoms with Gasteiger partial charge in [0.1, 0.15) is 5.82 Å². The quantitative estimate of drug-likeness (QED) is 0.789. The van der Waals surface area contributed by atoms with Crippen molar-refractivity contribution < 1.29 is 9.90 Å². The van der Waals surface area contributed by atoms with Gasteiger partial charge in [-0.25, -0.2) is 9.48 Å². The number of nitrogens with zero attached hydrogens (tertiary/aromatic N) is 3. The van der Waals surface area contributed by atoms with Crippen molar-refractivity contribution in [2.75, 3.05) is 6.54 Å². The van der Waals surface area contributed by atoms with Crippen molar-refractivity contribution in [3.05, 3.63) is 28.0 Å². The molecule has 0 saturated heterocycles. The van der Waals surface area contributed by atoms with E-state index in [0.29, 0.717) is 18.8 Å². The molecule has 3 atom stereocenters. The molecule has 0 unspecified atom stereocenters. The highest BCUT2D eigenvalue weighted by molar-refractivity contribution is 5.88. The maximum atomic E-state index is 12.0. The first-order chi connectivity index (χ1) is 11.5. The fourth-order valence-electron chi connectivity index (χ4n) is 3.91. The largest absolute Gasteiger partial charge is 0.393 e. The van der Waals surface area contributed by atoms with Gasteiger partial charge in [0.15, 0.2) is 0 Å². The minimum absolute atomic E-state index is 0.00182. The third kappa shape index (κ3) is 3.45. The Morgan fingerprint density at radius 1 is 1.33 bits per heavy atom. The van der Waals surface area contributed by atoms with Gasteiger partial charge in [-0.05, 0) is 38.5 Å². The second-order valence-electron chi connectivity index (χ2n) is 7.07. The molecule has 0 aliphatic heterocycles. The van der Waals surface area contributed by atoms with E-state index >= 15 is 0 Å². The van der Waals surface area contributed by atoms with E-state index in [1.165, 1.54) is 23.1 Å². The molecule has 1 amide bonds. The van der Waals surface area contributed by atoms with Crippen molar-refractivity contribution in [3.8, 4) is 0 Å². The molecule has 2 aliphatic carbocycles. The SMILES string of the molecule is Cn1nc([C@H]2C[C@H](CNC(=O)C=C3CCCC3)[C@H](O)C2)n(C)c1=O. The minimum Gasteiger partial charge on any atom is -0.393 e. The molecule has 2 N–H and O–H groups in total. The summed E-state index contributed by atoms with van der Waals surface area (Å²) in [6.45, 7) is 0.459. The molecule has 3 rings (SSSR count). The summed E-state index contributed by atoms with van der Waals surface area (Å²) in [6.07, 6.45) is 6.93. The van der Waals surface area contributed by atoms with Crippen LogP contribution in [0.25, 0.3) is 0 Å². The number of hydrogen-bond acceptors (Lipinski definition) is 4. The summed E-state index contributed by atoms with van der Waals surface area (Å²) in [7, 11) is 3.34. The molecule has 0 radical (unpaired) electrons. The average molecular weight is 334 g/mol. The number of rotatable bonds is 4. The molecule has 132 valence electrons. The number of allylic oxidation sites excluding steroid dienone is 1. The van der Waals surface area contributed by atoms with Gasteiger partial charge in [0.05, 0.1) is 6.10 Å². The molecule has 2 saturated carbocycles. The van der Waals surface area contributed by atoms with E-state index in [4.69, 9.17) is 0 Å². The van der Waals surface area contributed by atoms with E-state index in [2.05, 4.69) is 10.4 Å². The Bertz CT molecular complexity index is 695. The number of aryl methyl sites for hydroxylation is 1. The molecule has 7 heteroatoms. The lowest BCUT2D eigenvalue weighted by molar-refractivity contribution is -0.116. The number of aromatic nitrogens is 3. The number of nitrogens with one attached hydrogen (secondary N) is 1. The number of hydrogen-bond donors (Lipinski definition) is 2. The van der Waals surface area contributed by atoms with Crippen LogP contribution in [0.15, 0.2) is 16.4 Å². The van der Waals surface area contributed by atoms with Gasteiger partial charge in [0.25, 0.3) is 0 Å². The number of carbonyl (C=O) groups excluding carboxylic acids is 1. The highest BCUT2D eigenvalue weighted by atomic mass is 16.3. The first-order valence-corrected chi connectivity index (χ1v) is 8.71. The van der Waals surface area contributed by atoms with Crippen LogP contribution in [-0.2, 0) is 18.9 Å². The molecule has 1 heterocycles. The van der Waals surface area contributed by atoms with E-state index in [9.17, 15) is 14.7 Å². The van der Waals surface area contributed by atoms with Gasteiger partial charge in [-0.3, -0.25) is 9.36 Å². The molecule has 1 aromatic rings. The Balaban J connectivity index is 1.58. The second kappa shape index (κ2) is 6.93. The molecule has 0 bridgehead atoms. The van der Waals surface area contributed by atoms with Crippen LogP contribution in [0.4, 0.5) is 0 Å². The smallest absolute Gasteiger partial charge is 0.345 e. The Hall–Kier alpha value is -1.89. The third-order valence-electron chi connectivity index (χ3n) is 5.30. The van der Waals surface area contributed by atoms with E-state index in [1.54, 1.807) is 24.7 Å².